The lowest BCUT2D eigenvalue weighted by Crippen LogP contribution is -2.37. The maximum Gasteiger partial charge on any atom is 0.0640 e. The van der Waals surface area contributed by atoms with Crippen molar-refractivity contribution in [2.45, 2.75) is 32.4 Å². The van der Waals surface area contributed by atoms with E-state index in [1.807, 2.05) is 18.2 Å². The predicted molar refractivity (Wildman–Crippen MR) is 75.4 cm³/mol. The normalized spacial score (nSPS) is 20.3. The van der Waals surface area contributed by atoms with Gasteiger partial charge >= 0.3 is 0 Å². The van der Waals surface area contributed by atoms with Crippen LogP contribution in [0.25, 0.3) is 0 Å². The van der Waals surface area contributed by atoms with Crippen LogP contribution in [0.15, 0.2) is 18.2 Å². The van der Waals surface area contributed by atoms with Gasteiger partial charge in [-0.2, -0.15) is 0 Å². The Morgan fingerprint density at radius 1 is 1.35 bits per heavy atom. The Morgan fingerprint density at radius 3 is 2.82 bits per heavy atom. The molecular formula is C13H18Cl2N2. The Hall–Kier alpha value is -0.440. The van der Waals surface area contributed by atoms with Crippen LogP contribution in [0.5, 0.6) is 0 Å². The van der Waals surface area contributed by atoms with Gasteiger partial charge in [-0.1, -0.05) is 37.0 Å². The lowest BCUT2D eigenvalue weighted by atomic mass is 10.2. The number of nitrogens with zero attached hydrogens (tertiary/aromatic N) is 1. The first-order valence-electron chi connectivity index (χ1n) is 6.02. The molecule has 0 aromatic heterocycles. The van der Waals surface area contributed by atoms with Gasteiger partial charge in [0.25, 0.3) is 0 Å². The zero-order valence-electron chi connectivity index (χ0n) is 10.2. The molecule has 2 rings (SSSR count). The van der Waals surface area contributed by atoms with Gasteiger partial charge in [0.05, 0.1) is 10.7 Å². The average molecular weight is 273 g/mol. The second-order valence-electron chi connectivity index (χ2n) is 4.85. The molecule has 0 bridgehead atoms. The van der Waals surface area contributed by atoms with E-state index in [0.29, 0.717) is 12.1 Å². The van der Waals surface area contributed by atoms with Crippen molar-refractivity contribution in [1.82, 2.24) is 5.32 Å². The van der Waals surface area contributed by atoms with E-state index < -0.39 is 0 Å². The summed E-state index contributed by atoms with van der Waals surface area (Å²) in [6.45, 7) is 6.38. The van der Waals surface area contributed by atoms with Gasteiger partial charge in [-0.15, -0.1) is 0 Å². The molecule has 17 heavy (non-hydrogen) atoms. The highest BCUT2D eigenvalue weighted by Gasteiger charge is 2.24. The van der Waals surface area contributed by atoms with Crippen LogP contribution in [-0.4, -0.2) is 25.2 Å². The highest BCUT2D eigenvalue weighted by atomic mass is 35.5. The summed E-state index contributed by atoms with van der Waals surface area (Å²) in [5, 5.41) is 5.08. The third-order valence-electron chi connectivity index (χ3n) is 3.01. The van der Waals surface area contributed by atoms with Crippen LogP contribution in [0, 0.1) is 0 Å². The maximum atomic E-state index is 6.21. The fourth-order valence-electron chi connectivity index (χ4n) is 2.31. The smallest absolute Gasteiger partial charge is 0.0640 e. The van der Waals surface area contributed by atoms with Crippen molar-refractivity contribution >= 4 is 28.9 Å². The molecular weight excluding hydrogens is 255 g/mol. The summed E-state index contributed by atoms with van der Waals surface area (Å²) >= 11 is 12.2. The zero-order chi connectivity index (χ0) is 12.4. The number of halogens is 2. The van der Waals surface area contributed by atoms with Gasteiger partial charge in [0.2, 0.25) is 0 Å². The van der Waals surface area contributed by atoms with Gasteiger partial charge in [-0.25, -0.2) is 0 Å². The largest absolute Gasteiger partial charge is 0.369 e. The molecule has 4 heteroatoms. The summed E-state index contributed by atoms with van der Waals surface area (Å²) in [4.78, 5) is 2.30. The molecule has 1 aromatic rings. The van der Waals surface area contributed by atoms with Gasteiger partial charge in [0.15, 0.2) is 0 Å². The van der Waals surface area contributed by atoms with E-state index >= 15 is 0 Å². The average Bonchev–Trinajstić information content (AvgIpc) is 2.69. The fraction of sp³-hybridized carbons (Fsp3) is 0.538. The standard InChI is InChI=1S/C13H18Cl2N2/c1-9(2)16-11-5-6-17(8-11)13-7-10(14)3-4-12(13)15/h3-4,7,9,11,16H,5-6,8H2,1-2H3. The molecule has 1 aromatic carbocycles. The summed E-state index contributed by atoms with van der Waals surface area (Å²) < 4.78 is 0. The van der Waals surface area contributed by atoms with Crippen LogP contribution in [0.4, 0.5) is 5.69 Å². The molecule has 1 atom stereocenters. The van der Waals surface area contributed by atoms with Crippen LogP contribution in [0.1, 0.15) is 20.3 Å². The lowest BCUT2D eigenvalue weighted by Gasteiger charge is -2.21. The van der Waals surface area contributed by atoms with Gasteiger partial charge in [-0.3, -0.25) is 0 Å². The van der Waals surface area contributed by atoms with E-state index in [2.05, 4.69) is 24.1 Å². The molecule has 2 nitrogen and oxygen atoms in total. The molecule has 0 radical (unpaired) electrons. The van der Waals surface area contributed by atoms with E-state index in [0.717, 1.165) is 35.2 Å². The van der Waals surface area contributed by atoms with Crippen LogP contribution >= 0.6 is 23.2 Å². The molecule has 1 heterocycles. The van der Waals surface area contributed by atoms with Crippen molar-refractivity contribution < 1.29 is 0 Å². The number of anilines is 1. The molecule has 0 spiro atoms. The Balaban J connectivity index is 2.07. The van der Waals surface area contributed by atoms with Crippen LogP contribution in [0.2, 0.25) is 10.0 Å². The monoisotopic (exact) mass is 272 g/mol. The summed E-state index contributed by atoms with van der Waals surface area (Å²) in [6, 6.07) is 6.71. The minimum absolute atomic E-state index is 0.523. The molecule has 1 unspecified atom stereocenters. The molecule has 0 amide bonds. The Kier molecular flexibility index (Phi) is 4.18. The molecule has 1 aliphatic heterocycles. The van der Waals surface area contributed by atoms with E-state index in [1.165, 1.54) is 0 Å². The van der Waals surface area contributed by atoms with Crippen molar-refractivity contribution in [1.29, 1.82) is 0 Å². The second kappa shape index (κ2) is 5.47. The first-order valence-corrected chi connectivity index (χ1v) is 6.78. The molecule has 0 aliphatic carbocycles. The van der Waals surface area contributed by atoms with Crippen LogP contribution < -0.4 is 10.2 Å². The van der Waals surface area contributed by atoms with Crippen molar-refractivity contribution in [3.8, 4) is 0 Å². The highest BCUT2D eigenvalue weighted by molar-refractivity contribution is 6.35. The topological polar surface area (TPSA) is 15.3 Å². The fourth-order valence-corrected chi connectivity index (χ4v) is 2.72. The first-order chi connectivity index (χ1) is 8.06. The minimum atomic E-state index is 0.523. The van der Waals surface area contributed by atoms with Crippen molar-refractivity contribution in [2.75, 3.05) is 18.0 Å². The molecule has 1 N–H and O–H groups in total. The number of rotatable bonds is 3. The highest BCUT2D eigenvalue weighted by Crippen LogP contribution is 2.31. The van der Waals surface area contributed by atoms with Gasteiger partial charge in [0, 0.05) is 30.2 Å². The number of benzene rings is 1. The van der Waals surface area contributed by atoms with E-state index in [1.54, 1.807) is 0 Å². The summed E-state index contributed by atoms with van der Waals surface area (Å²) in [5.74, 6) is 0. The molecule has 1 fully saturated rings. The van der Waals surface area contributed by atoms with Gasteiger partial charge < -0.3 is 10.2 Å². The SMILES string of the molecule is CC(C)NC1CCN(c2cc(Cl)ccc2Cl)C1. The van der Waals surface area contributed by atoms with Crippen LogP contribution in [0.3, 0.4) is 0 Å². The molecule has 94 valence electrons. The number of hydrogen-bond donors (Lipinski definition) is 1. The van der Waals surface area contributed by atoms with Crippen molar-refractivity contribution in [3.63, 3.8) is 0 Å². The predicted octanol–water partition coefficient (Wildman–Crippen LogP) is 3.57. The summed E-state index contributed by atoms with van der Waals surface area (Å²) in [5.41, 5.74) is 1.05. The third kappa shape index (κ3) is 3.27. The quantitative estimate of drug-likeness (QED) is 0.905. The number of hydrogen-bond acceptors (Lipinski definition) is 2. The summed E-state index contributed by atoms with van der Waals surface area (Å²) in [6.07, 6.45) is 1.15. The Labute approximate surface area is 113 Å². The molecule has 1 saturated heterocycles. The van der Waals surface area contributed by atoms with Gasteiger partial charge in [-0.05, 0) is 24.6 Å². The first kappa shape index (κ1) is 13.0. The zero-order valence-corrected chi connectivity index (χ0v) is 11.7. The Morgan fingerprint density at radius 2 is 2.12 bits per heavy atom. The second-order valence-corrected chi connectivity index (χ2v) is 5.69. The minimum Gasteiger partial charge on any atom is -0.369 e. The number of nitrogens with one attached hydrogen (secondary N) is 1. The molecule has 0 saturated carbocycles. The van der Waals surface area contributed by atoms with Crippen LogP contribution in [-0.2, 0) is 0 Å². The summed E-state index contributed by atoms with van der Waals surface area (Å²) in [7, 11) is 0. The van der Waals surface area contributed by atoms with E-state index in [4.69, 9.17) is 23.2 Å². The Bertz CT molecular complexity index is 393. The van der Waals surface area contributed by atoms with Gasteiger partial charge in [0.1, 0.15) is 0 Å². The molecule has 1 aliphatic rings. The van der Waals surface area contributed by atoms with E-state index in [-0.39, 0.29) is 0 Å². The third-order valence-corrected chi connectivity index (χ3v) is 3.56. The van der Waals surface area contributed by atoms with E-state index in [9.17, 15) is 0 Å². The lowest BCUT2D eigenvalue weighted by molar-refractivity contribution is 0.492. The maximum absolute atomic E-state index is 6.21. The van der Waals surface area contributed by atoms with Crippen molar-refractivity contribution in [3.05, 3.63) is 28.2 Å². The van der Waals surface area contributed by atoms with Crippen molar-refractivity contribution in [2.24, 2.45) is 0 Å².